The molecule has 2 rings (SSSR count). The molecule has 1 aromatic carbocycles. The van der Waals surface area contributed by atoms with Crippen molar-refractivity contribution in [1.82, 2.24) is 0 Å². The van der Waals surface area contributed by atoms with Crippen molar-refractivity contribution in [3.63, 3.8) is 0 Å². The van der Waals surface area contributed by atoms with E-state index in [2.05, 4.69) is 0 Å². The summed E-state index contributed by atoms with van der Waals surface area (Å²) < 4.78 is 20.5. The number of fused-ring (bicyclic) bond motifs is 1. The number of hydrogen-bond acceptors (Lipinski definition) is 7. The van der Waals surface area contributed by atoms with Gasteiger partial charge in [0.1, 0.15) is 0 Å². The molecule has 1 unspecified atom stereocenters. The van der Waals surface area contributed by atoms with E-state index in [4.69, 9.17) is 18.9 Å². The zero-order valence-corrected chi connectivity index (χ0v) is 14.5. The van der Waals surface area contributed by atoms with E-state index >= 15 is 0 Å². The molecule has 0 fully saturated rings. The van der Waals surface area contributed by atoms with Crippen molar-refractivity contribution in [2.45, 2.75) is 25.6 Å². The van der Waals surface area contributed by atoms with Gasteiger partial charge >= 0.3 is 17.9 Å². The smallest absolute Gasteiger partial charge is 0.354 e. The first-order valence-electron chi connectivity index (χ1n) is 7.75. The van der Waals surface area contributed by atoms with E-state index in [1.165, 1.54) is 0 Å². The Hall–Kier alpha value is -2.67. The second-order valence-corrected chi connectivity index (χ2v) is 5.33. The third kappa shape index (κ3) is 3.15. The van der Waals surface area contributed by atoms with Crippen molar-refractivity contribution in [3.8, 4) is 0 Å². The molecule has 134 valence electrons. The Morgan fingerprint density at radius 1 is 1.12 bits per heavy atom. The van der Waals surface area contributed by atoms with Gasteiger partial charge in [0.15, 0.2) is 0 Å². The minimum atomic E-state index is -2.13. The molecule has 0 aliphatic carbocycles. The molecule has 7 heteroatoms. The Kier molecular flexibility index (Phi) is 5.58. The number of carbonyl (C=O) groups excluding carboxylic acids is 3. The van der Waals surface area contributed by atoms with E-state index in [1.807, 2.05) is 0 Å². The Morgan fingerprint density at radius 3 is 2.28 bits per heavy atom. The first-order valence-corrected chi connectivity index (χ1v) is 7.75. The van der Waals surface area contributed by atoms with Gasteiger partial charge in [0.2, 0.25) is 0 Å². The summed E-state index contributed by atoms with van der Waals surface area (Å²) in [5, 5.41) is 0. The molecule has 0 bridgehead atoms. The van der Waals surface area contributed by atoms with Crippen molar-refractivity contribution in [2.75, 3.05) is 20.8 Å². The molecule has 1 atom stereocenters. The van der Waals surface area contributed by atoms with E-state index < -0.39 is 29.6 Å². The molecule has 1 aliphatic heterocycles. The average Bonchev–Trinajstić information content (AvgIpc) is 2.76. The van der Waals surface area contributed by atoms with Crippen LogP contribution in [0.5, 0.6) is 0 Å². The van der Waals surface area contributed by atoms with Crippen molar-refractivity contribution in [1.29, 1.82) is 0 Å². The number of benzene rings is 1. The van der Waals surface area contributed by atoms with Gasteiger partial charge in [-0.1, -0.05) is 24.3 Å². The van der Waals surface area contributed by atoms with Gasteiger partial charge in [-0.3, -0.25) is 0 Å². The maximum Gasteiger partial charge on any atom is 0.354 e. The lowest BCUT2D eigenvalue weighted by Crippen LogP contribution is -2.49. The third-order valence-electron chi connectivity index (χ3n) is 3.90. The predicted molar refractivity (Wildman–Crippen MR) is 87.3 cm³/mol. The fraction of sp³-hybridized carbons (Fsp3) is 0.389. The first kappa shape index (κ1) is 18.7. The highest BCUT2D eigenvalue weighted by atomic mass is 16.6. The lowest BCUT2D eigenvalue weighted by atomic mass is 9.89. The molecule has 0 saturated carbocycles. The zero-order valence-electron chi connectivity index (χ0n) is 14.5. The molecule has 0 amide bonds. The van der Waals surface area contributed by atoms with Gasteiger partial charge in [-0.25, -0.2) is 14.4 Å². The highest BCUT2D eigenvalue weighted by molar-refractivity contribution is 6.06. The van der Waals surface area contributed by atoms with Crippen molar-refractivity contribution in [2.24, 2.45) is 0 Å². The van der Waals surface area contributed by atoms with E-state index in [0.29, 0.717) is 5.56 Å². The quantitative estimate of drug-likeness (QED) is 0.464. The minimum Gasteiger partial charge on any atom is -0.466 e. The summed E-state index contributed by atoms with van der Waals surface area (Å²) in [6.07, 6.45) is 0.635. The molecule has 7 nitrogen and oxygen atoms in total. The van der Waals surface area contributed by atoms with Crippen LogP contribution in [0.15, 0.2) is 29.8 Å². The zero-order chi connectivity index (χ0) is 18.6. The Bertz CT molecular complexity index is 704. The molecular formula is C18H20O7. The van der Waals surface area contributed by atoms with Crippen LogP contribution >= 0.6 is 0 Å². The molecule has 0 saturated heterocycles. The van der Waals surface area contributed by atoms with Crippen molar-refractivity contribution in [3.05, 3.63) is 41.0 Å². The molecule has 0 spiro atoms. The van der Waals surface area contributed by atoms with Crippen LogP contribution in [0.4, 0.5) is 0 Å². The van der Waals surface area contributed by atoms with Crippen LogP contribution < -0.4 is 0 Å². The Balaban J connectivity index is 2.71. The summed E-state index contributed by atoms with van der Waals surface area (Å²) in [6.45, 7) is 3.42. The summed E-state index contributed by atoms with van der Waals surface area (Å²) in [6, 6.07) is 6.58. The predicted octanol–water partition coefficient (Wildman–Crippen LogP) is 1.59. The molecule has 0 aromatic heterocycles. The number of esters is 3. The lowest BCUT2D eigenvalue weighted by molar-refractivity contribution is -0.194. The Labute approximate surface area is 145 Å². The normalized spacial score (nSPS) is 18.2. The molecule has 0 radical (unpaired) electrons. The molecule has 1 aliphatic rings. The lowest BCUT2D eigenvalue weighted by Gasteiger charge is -2.30. The third-order valence-corrected chi connectivity index (χ3v) is 3.90. The highest BCUT2D eigenvalue weighted by Gasteiger charge is 2.55. The van der Waals surface area contributed by atoms with E-state index in [1.54, 1.807) is 44.2 Å². The number of carbonyl (C=O) groups is 3. The summed E-state index contributed by atoms with van der Waals surface area (Å²) >= 11 is 0. The van der Waals surface area contributed by atoms with Crippen LogP contribution in [0, 0.1) is 0 Å². The molecule has 25 heavy (non-hydrogen) atoms. The molecule has 0 N–H and O–H groups in total. The molecule has 1 aromatic rings. The van der Waals surface area contributed by atoms with Gasteiger partial charge in [-0.15, -0.1) is 0 Å². The minimum absolute atomic E-state index is 0.184. The largest absolute Gasteiger partial charge is 0.466 e. The number of hydrogen-bond donors (Lipinski definition) is 0. The fourth-order valence-electron chi connectivity index (χ4n) is 2.75. The number of ether oxygens (including phenoxy) is 4. The van der Waals surface area contributed by atoms with Crippen LogP contribution in [-0.2, 0) is 38.9 Å². The maximum atomic E-state index is 12.6. The van der Waals surface area contributed by atoms with Gasteiger partial charge in [0.25, 0.3) is 5.60 Å². The van der Waals surface area contributed by atoms with Crippen LogP contribution in [0.3, 0.4) is 0 Å². The summed E-state index contributed by atoms with van der Waals surface area (Å²) in [5.74, 6) is -2.45. The second-order valence-electron chi connectivity index (χ2n) is 5.33. The Morgan fingerprint density at radius 2 is 1.72 bits per heavy atom. The summed E-state index contributed by atoms with van der Waals surface area (Å²) in [7, 11) is 2.29. The first-order chi connectivity index (χ1) is 11.9. The number of rotatable bonds is 4. The van der Waals surface area contributed by atoms with Crippen LogP contribution in [-0.4, -0.2) is 44.8 Å². The monoisotopic (exact) mass is 348 g/mol. The summed E-state index contributed by atoms with van der Waals surface area (Å²) in [5.41, 5.74) is -1.25. The molecule has 1 heterocycles. The second kappa shape index (κ2) is 7.48. The van der Waals surface area contributed by atoms with E-state index in [0.717, 1.165) is 14.2 Å². The van der Waals surface area contributed by atoms with Crippen LogP contribution in [0.25, 0.3) is 6.08 Å². The van der Waals surface area contributed by atoms with Gasteiger partial charge in [-0.05, 0) is 25.5 Å². The molecular weight excluding hydrogens is 328 g/mol. The highest BCUT2D eigenvalue weighted by Crippen LogP contribution is 2.38. The van der Waals surface area contributed by atoms with E-state index in [-0.39, 0.29) is 17.7 Å². The van der Waals surface area contributed by atoms with Crippen LogP contribution in [0.2, 0.25) is 0 Å². The van der Waals surface area contributed by atoms with Crippen LogP contribution in [0.1, 0.15) is 25.0 Å². The average molecular weight is 348 g/mol. The SMILES string of the molecule is CCOC(=O)C1=Cc2ccccc2C(C(=O)OC)(C(=O)OC)OC1C. The van der Waals surface area contributed by atoms with Gasteiger partial charge in [0.05, 0.1) is 32.5 Å². The van der Waals surface area contributed by atoms with E-state index in [9.17, 15) is 14.4 Å². The maximum absolute atomic E-state index is 12.6. The van der Waals surface area contributed by atoms with Gasteiger partial charge in [-0.2, -0.15) is 0 Å². The summed E-state index contributed by atoms with van der Waals surface area (Å²) in [4.78, 5) is 37.4. The van der Waals surface area contributed by atoms with Gasteiger partial charge < -0.3 is 18.9 Å². The fourth-order valence-corrected chi connectivity index (χ4v) is 2.75. The standard InChI is InChI=1S/C18H20O7/c1-5-24-15(19)13-10-12-8-6-7-9-14(12)18(16(20)22-3,17(21)23-4)25-11(13)2/h6-11H,5H2,1-4H3. The van der Waals surface area contributed by atoms with Crippen molar-refractivity contribution < 1.29 is 33.3 Å². The van der Waals surface area contributed by atoms with Crippen molar-refractivity contribution >= 4 is 24.0 Å². The number of methoxy groups -OCH3 is 2. The topological polar surface area (TPSA) is 88.1 Å². The van der Waals surface area contributed by atoms with Gasteiger partial charge in [0, 0.05) is 5.56 Å².